The van der Waals surface area contributed by atoms with E-state index in [1.54, 1.807) is 0 Å². The molecule has 0 radical (unpaired) electrons. The van der Waals surface area contributed by atoms with Crippen molar-refractivity contribution in [3.8, 4) is 0 Å². The predicted molar refractivity (Wildman–Crippen MR) is 60.0 cm³/mol. The number of hydrazine groups is 1. The van der Waals surface area contributed by atoms with Crippen molar-refractivity contribution in [3.05, 3.63) is 34.6 Å². The summed E-state index contributed by atoms with van der Waals surface area (Å²) in [4.78, 5) is 1.95. The summed E-state index contributed by atoms with van der Waals surface area (Å²) in [6, 6.07) is 4.08. The van der Waals surface area contributed by atoms with Crippen LogP contribution in [0.5, 0.6) is 0 Å². The van der Waals surface area contributed by atoms with Crippen molar-refractivity contribution in [2.75, 3.05) is 20.6 Å². The zero-order chi connectivity index (χ0) is 11.4. The van der Waals surface area contributed by atoms with E-state index in [0.717, 1.165) is 0 Å². The van der Waals surface area contributed by atoms with Crippen LogP contribution in [-0.4, -0.2) is 25.5 Å². The highest BCUT2D eigenvalue weighted by atomic mass is 35.5. The molecule has 1 unspecified atom stereocenters. The molecule has 0 aliphatic rings. The van der Waals surface area contributed by atoms with Crippen molar-refractivity contribution in [1.29, 1.82) is 0 Å². The van der Waals surface area contributed by atoms with Gasteiger partial charge in [-0.05, 0) is 37.9 Å². The summed E-state index contributed by atoms with van der Waals surface area (Å²) in [5.41, 5.74) is 3.30. The SMILES string of the molecule is CN(C)CC(NN)c1cc(F)ccc1Cl. The van der Waals surface area contributed by atoms with Crippen molar-refractivity contribution < 1.29 is 4.39 Å². The van der Waals surface area contributed by atoms with Crippen LogP contribution >= 0.6 is 11.6 Å². The first-order valence-electron chi connectivity index (χ1n) is 4.60. The third kappa shape index (κ3) is 3.43. The number of nitrogens with two attached hydrogens (primary N) is 1. The molecule has 0 bridgehead atoms. The molecule has 1 atom stereocenters. The Morgan fingerprint density at radius 2 is 2.20 bits per heavy atom. The fourth-order valence-corrected chi connectivity index (χ4v) is 1.64. The molecular weight excluding hydrogens is 217 g/mol. The first kappa shape index (κ1) is 12.4. The van der Waals surface area contributed by atoms with E-state index in [-0.39, 0.29) is 11.9 Å². The van der Waals surface area contributed by atoms with Gasteiger partial charge in [-0.1, -0.05) is 11.6 Å². The van der Waals surface area contributed by atoms with E-state index in [4.69, 9.17) is 17.4 Å². The molecule has 15 heavy (non-hydrogen) atoms. The lowest BCUT2D eigenvalue weighted by atomic mass is 10.1. The number of likely N-dealkylation sites (N-methyl/N-ethyl adjacent to an activating group) is 1. The summed E-state index contributed by atoms with van der Waals surface area (Å²) >= 11 is 5.97. The van der Waals surface area contributed by atoms with Gasteiger partial charge in [-0.3, -0.25) is 11.3 Å². The summed E-state index contributed by atoms with van der Waals surface area (Å²) in [6.07, 6.45) is 0. The summed E-state index contributed by atoms with van der Waals surface area (Å²) in [7, 11) is 3.83. The molecule has 5 heteroatoms. The van der Waals surface area contributed by atoms with Crippen molar-refractivity contribution in [2.45, 2.75) is 6.04 Å². The Labute approximate surface area is 94.0 Å². The molecular formula is C10H15ClFN3. The molecule has 0 saturated heterocycles. The summed E-state index contributed by atoms with van der Waals surface area (Å²) in [6.45, 7) is 0.652. The number of rotatable bonds is 4. The average molecular weight is 232 g/mol. The third-order valence-electron chi connectivity index (χ3n) is 2.08. The van der Waals surface area contributed by atoms with Gasteiger partial charge in [0.15, 0.2) is 0 Å². The zero-order valence-corrected chi connectivity index (χ0v) is 9.55. The molecule has 1 rings (SSSR count). The van der Waals surface area contributed by atoms with E-state index in [1.807, 2.05) is 19.0 Å². The van der Waals surface area contributed by atoms with E-state index in [0.29, 0.717) is 17.1 Å². The van der Waals surface area contributed by atoms with Gasteiger partial charge >= 0.3 is 0 Å². The highest BCUT2D eigenvalue weighted by Crippen LogP contribution is 2.23. The Morgan fingerprint density at radius 3 is 2.73 bits per heavy atom. The highest BCUT2D eigenvalue weighted by molar-refractivity contribution is 6.31. The quantitative estimate of drug-likeness (QED) is 0.610. The Bertz CT molecular complexity index is 330. The minimum atomic E-state index is -0.312. The molecule has 0 amide bonds. The standard InChI is InChI=1S/C10H15ClFN3/c1-15(2)6-10(14-13)8-5-7(12)3-4-9(8)11/h3-5,10,14H,6,13H2,1-2H3. The monoisotopic (exact) mass is 231 g/mol. The van der Waals surface area contributed by atoms with Gasteiger partial charge in [0.25, 0.3) is 0 Å². The Hall–Kier alpha value is -0.680. The number of halogens is 2. The van der Waals surface area contributed by atoms with Gasteiger partial charge in [0.2, 0.25) is 0 Å². The second-order valence-corrected chi connectivity index (χ2v) is 4.05. The van der Waals surface area contributed by atoms with Gasteiger partial charge in [0, 0.05) is 11.6 Å². The first-order chi connectivity index (χ1) is 7.04. The highest BCUT2D eigenvalue weighted by Gasteiger charge is 2.14. The molecule has 0 aromatic heterocycles. The minimum absolute atomic E-state index is 0.178. The summed E-state index contributed by atoms with van der Waals surface area (Å²) in [5, 5.41) is 0.515. The molecule has 1 aromatic rings. The summed E-state index contributed by atoms with van der Waals surface area (Å²) in [5.74, 6) is 5.10. The van der Waals surface area contributed by atoms with E-state index in [1.165, 1.54) is 18.2 Å². The van der Waals surface area contributed by atoms with E-state index >= 15 is 0 Å². The van der Waals surface area contributed by atoms with E-state index in [9.17, 15) is 4.39 Å². The van der Waals surface area contributed by atoms with Crippen LogP contribution in [0.15, 0.2) is 18.2 Å². The molecule has 0 aliphatic carbocycles. The molecule has 0 heterocycles. The molecule has 84 valence electrons. The predicted octanol–water partition coefficient (Wildman–Crippen LogP) is 1.55. The second-order valence-electron chi connectivity index (χ2n) is 3.65. The maximum Gasteiger partial charge on any atom is 0.123 e. The molecule has 0 saturated carbocycles. The lowest BCUT2D eigenvalue weighted by molar-refractivity contribution is 0.344. The van der Waals surface area contributed by atoms with Crippen molar-refractivity contribution in [1.82, 2.24) is 10.3 Å². The normalized spacial score (nSPS) is 13.2. The Balaban J connectivity index is 2.95. The lowest BCUT2D eigenvalue weighted by Gasteiger charge is -2.21. The molecule has 3 nitrogen and oxygen atoms in total. The van der Waals surface area contributed by atoms with Gasteiger partial charge in [0.1, 0.15) is 5.82 Å². The number of hydrogen-bond donors (Lipinski definition) is 2. The fraction of sp³-hybridized carbons (Fsp3) is 0.400. The van der Waals surface area contributed by atoms with E-state index < -0.39 is 0 Å². The van der Waals surface area contributed by atoms with Crippen LogP contribution in [0.4, 0.5) is 4.39 Å². The van der Waals surface area contributed by atoms with E-state index in [2.05, 4.69) is 5.43 Å². The smallest absolute Gasteiger partial charge is 0.123 e. The molecule has 0 fully saturated rings. The van der Waals surface area contributed by atoms with Crippen LogP contribution in [0.3, 0.4) is 0 Å². The van der Waals surface area contributed by atoms with Crippen molar-refractivity contribution >= 4 is 11.6 Å². The fourth-order valence-electron chi connectivity index (χ4n) is 1.39. The van der Waals surface area contributed by atoms with Gasteiger partial charge < -0.3 is 4.90 Å². The summed E-state index contributed by atoms with van der Waals surface area (Å²) < 4.78 is 13.0. The number of hydrogen-bond acceptors (Lipinski definition) is 3. The largest absolute Gasteiger partial charge is 0.307 e. The number of benzene rings is 1. The number of nitrogens with one attached hydrogen (secondary N) is 1. The second kappa shape index (κ2) is 5.42. The average Bonchev–Trinajstić information content (AvgIpc) is 2.18. The molecule has 0 spiro atoms. The van der Waals surface area contributed by atoms with Crippen LogP contribution in [0.2, 0.25) is 5.02 Å². The minimum Gasteiger partial charge on any atom is -0.307 e. The maximum atomic E-state index is 13.0. The van der Waals surface area contributed by atoms with Gasteiger partial charge in [-0.15, -0.1) is 0 Å². The maximum absolute atomic E-state index is 13.0. The molecule has 1 aromatic carbocycles. The lowest BCUT2D eigenvalue weighted by Crippen LogP contribution is -2.35. The topological polar surface area (TPSA) is 41.3 Å². The van der Waals surface area contributed by atoms with Crippen LogP contribution in [0.25, 0.3) is 0 Å². The third-order valence-corrected chi connectivity index (χ3v) is 2.43. The van der Waals surface area contributed by atoms with Gasteiger partial charge in [0.05, 0.1) is 6.04 Å². The Kier molecular flexibility index (Phi) is 4.47. The number of nitrogens with zero attached hydrogens (tertiary/aromatic N) is 1. The van der Waals surface area contributed by atoms with Crippen LogP contribution < -0.4 is 11.3 Å². The van der Waals surface area contributed by atoms with Crippen LogP contribution in [-0.2, 0) is 0 Å². The zero-order valence-electron chi connectivity index (χ0n) is 8.80. The van der Waals surface area contributed by atoms with Gasteiger partial charge in [-0.2, -0.15) is 0 Å². The van der Waals surface area contributed by atoms with Gasteiger partial charge in [-0.25, -0.2) is 4.39 Å². The van der Waals surface area contributed by atoms with Crippen LogP contribution in [0.1, 0.15) is 11.6 Å². The molecule has 3 N–H and O–H groups in total. The molecule has 0 aliphatic heterocycles. The van der Waals surface area contributed by atoms with Crippen molar-refractivity contribution in [3.63, 3.8) is 0 Å². The van der Waals surface area contributed by atoms with Crippen LogP contribution in [0, 0.1) is 5.82 Å². The first-order valence-corrected chi connectivity index (χ1v) is 4.98. The Morgan fingerprint density at radius 1 is 1.53 bits per heavy atom. The van der Waals surface area contributed by atoms with Crippen molar-refractivity contribution in [2.24, 2.45) is 5.84 Å².